The zero-order valence-corrected chi connectivity index (χ0v) is 30.5. The van der Waals surface area contributed by atoms with Crippen LogP contribution in [0.1, 0.15) is 0 Å². The molecule has 0 aliphatic rings. The Morgan fingerprint density at radius 1 is 0.179 bits per heavy atom. The number of para-hydroxylation sites is 4. The summed E-state index contributed by atoms with van der Waals surface area (Å²) in [6.45, 7) is 0. The fourth-order valence-corrected chi connectivity index (χ4v) is 9.57. The Balaban J connectivity index is 1.06. The van der Waals surface area contributed by atoms with E-state index >= 15 is 0 Å². The summed E-state index contributed by atoms with van der Waals surface area (Å²) in [7, 11) is 0. The largest absolute Gasteiger partial charge is 0.309 e. The first-order valence-electron chi connectivity index (χ1n) is 19.4. The molecule has 12 aromatic rings. The normalized spacial score (nSPS) is 11.9. The van der Waals surface area contributed by atoms with E-state index in [2.05, 4.69) is 215 Å². The maximum Gasteiger partial charge on any atom is 0.0541 e. The Bertz CT molecular complexity index is 3200. The minimum Gasteiger partial charge on any atom is -0.309 e. The van der Waals surface area contributed by atoms with Crippen molar-refractivity contribution >= 4 is 75.9 Å². The van der Waals surface area contributed by atoms with E-state index in [1.807, 2.05) is 0 Å². The molecular formula is C54H34N2. The molecule has 2 heteroatoms. The predicted molar refractivity (Wildman–Crippen MR) is 239 cm³/mol. The van der Waals surface area contributed by atoms with Crippen LogP contribution in [0.5, 0.6) is 0 Å². The standard InChI is InChI=1S/C54H34N2/c1-3-17-43-39(15-1)41(31-33-53(43)55-49-27-9-5-19-45(49)46-20-6-10-28-50(46)55)37-25-13-24-36-35(37)23-14-26-38(36)42-32-34-54(44-18-4-2-16-40(42)44)56-51-29-11-7-21-47(51)48-22-8-12-30-52(48)56/h1-34H. The van der Waals surface area contributed by atoms with E-state index < -0.39 is 0 Å². The third kappa shape index (κ3) is 4.38. The Labute approximate surface area is 323 Å². The second-order valence-electron chi connectivity index (χ2n) is 14.8. The van der Waals surface area contributed by atoms with E-state index in [0.717, 1.165) is 0 Å². The van der Waals surface area contributed by atoms with E-state index in [1.165, 1.54) is 110 Å². The molecule has 0 amide bonds. The minimum absolute atomic E-state index is 1.19. The number of nitrogens with zero attached hydrogens (tertiary/aromatic N) is 2. The van der Waals surface area contributed by atoms with Crippen molar-refractivity contribution in [1.29, 1.82) is 0 Å². The third-order valence-electron chi connectivity index (χ3n) is 11.9. The van der Waals surface area contributed by atoms with Crippen molar-refractivity contribution < 1.29 is 0 Å². The SMILES string of the molecule is c1cc(-c2ccc(-n3c4ccccc4c4ccccc43)c3ccccc23)c2cccc(-c3ccc(-n4c5ccccc5c5ccccc54)c4ccccc34)c2c1. The number of rotatable bonds is 4. The van der Waals surface area contributed by atoms with Crippen LogP contribution in [0.3, 0.4) is 0 Å². The number of hydrogen-bond acceptors (Lipinski definition) is 0. The van der Waals surface area contributed by atoms with Gasteiger partial charge in [-0.1, -0.05) is 170 Å². The molecule has 12 rings (SSSR count). The van der Waals surface area contributed by atoms with Crippen LogP contribution in [0.25, 0.3) is 110 Å². The molecule has 0 atom stereocenters. The van der Waals surface area contributed by atoms with Gasteiger partial charge < -0.3 is 9.13 Å². The van der Waals surface area contributed by atoms with Crippen molar-refractivity contribution in [2.45, 2.75) is 0 Å². The lowest BCUT2D eigenvalue weighted by molar-refractivity contribution is 1.20. The Kier molecular flexibility index (Phi) is 6.66. The molecule has 0 spiro atoms. The van der Waals surface area contributed by atoms with Crippen LogP contribution in [0.15, 0.2) is 206 Å². The molecule has 2 heterocycles. The monoisotopic (exact) mass is 710 g/mol. The van der Waals surface area contributed by atoms with Crippen LogP contribution < -0.4 is 0 Å². The summed E-state index contributed by atoms with van der Waals surface area (Å²) >= 11 is 0. The Morgan fingerprint density at radius 3 is 0.786 bits per heavy atom. The van der Waals surface area contributed by atoms with E-state index in [0.29, 0.717) is 0 Å². The van der Waals surface area contributed by atoms with Crippen LogP contribution in [0.2, 0.25) is 0 Å². The summed E-state index contributed by atoms with van der Waals surface area (Å²) < 4.78 is 4.87. The zero-order valence-electron chi connectivity index (χ0n) is 30.5. The highest BCUT2D eigenvalue weighted by atomic mass is 15.0. The van der Waals surface area contributed by atoms with Gasteiger partial charge in [0, 0.05) is 32.3 Å². The smallest absolute Gasteiger partial charge is 0.0541 e. The lowest BCUT2D eigenvalue weighted by Crippen LogP contribution is -1.97. The van der Waals surface area contributed by atoms with E-state index in [9.17, 15) is 0 Å². The fourth-order valence-electron chi connectivity index (χ4n) is 9.57. The fraction of sp³-hybridized carbons (Fsp3) is 0. The first-order chi connectivity index (χ1) is 27.8. The number of benzene rings is 10. The van der Waals surface area contributed by atoms with E-state index in [-0.39, 0.29) is 0 Å². The summed E-state index contributed by atoms with van der Waals surface area (Å²) in [4.78, 5) is 0. The van der Waals surface area contributed by atoms with Gasteiger partial charge in [0.25, 0.3) is 0 Å². The average molecular weight is 711 g/mol. The molecule has 0 radical (unpaired) electrons. The van der Waals surface area contributed by atoms with Crippen molar-refractivity contribution in [2.24, 2.45) is 0 Å². The minimum atomic E-state index is 1.19. The van der Waals surface area contributed by atoms with Gasteiger partial charge in [-0.2, -0.15) is 0 Å². The van der Waals surface area contributed by atoms with Crippen LogP contribution in [0.4, 0.5) is 0 Å². The summed E-state index contributed by atoms with van der Waals surface area (Å²) in [5, 5.41) is 12.5. The molecule has 0 unspecified atom stereocenters. The van der Waals surface area contributed by atoms with Crippen molar-refractivity contribution in [3.05, 3.63) is 206 Å². The average Bonchev–Trinajstić information content (AvgIpc) is 3.78. The molecule has 0 bridgehead atoms. The molecule has 2 aromatic heterocycles. The lowest BCUT2D eigenvalue weighted by atomic mass is 9.89. The highest BCUT2D eigenvalue weighted by Crippen LogP contribution is 2.43. The molecule has 0 saturated carbocycles. The number of fused-ring (bicyclic) bond motifs is 9. The molecule has 56 heavy (non-hydrogen) atoms. The molecule has 0 aliphatic carbocycles. The van der Waals surface area contributed by atoms with E-state index in [1.54, 1.807) is 0 Å². The quantitative estimate of drug-likeness (QED) is 0.172. The van der Waals surface area contributed by atoms with Crippen LogP contribution in [-0.2, 0) is 0 Å². The van der Waals surface area contributed by atoms with Crippen LogP contribution in [0, 0.1) is 0 Å². The Hall–Kier alpha value is -7.42. The first-order valence-corrected chi connectivity index (χ1v) is 19.4. The van der Waals surface area contributed by atoms with Crippen molar-refractivity contribution in [1.82, 2.24) is 9.13 Å². The van der Waals surface area contributed by atoms with Gasteiger partial charge in [-0.25, -0.2) is 0 Å². The van der Waals surface area contributed by atoms with Gasteiger partial charge in [0.15, 0.2) is 0 Å². The molecule has 0 fully saturated rings. The maximum absolute atomic E-state index is 2.44. The molecule has 0 saturated heterocycles. The maximum atomic E-state index is 2.44. The summed E-state index contributed by atoms with van der Waals surface area (Å²) in [6, 6.07) is 75.7. The molecule has 0 aliphatic heterocycles. The summed E-state index contributed by atoms with van der Waals surface area (Å²) in [6.07, 6.45) is 0. The van der Waals surface area contributed by atoms with Crippen LogP contribution >= 0.6 is 0 Å². The number of hydrogen-bond donors (Lipinski definition) is 0. The second-order valence-corrected chi connectivity index (χ2v) is 14.8. The van der Waals surface area contributed by atoms with Gasteiger partial charge in [-0.3, -0.25) is 0 Å². The molecular weight excluding hydrogens is 677 g/mol. The van der Waals surface area contributed by atoms with Gasteiger partial charge in [0.05, 0.1) is 33.4 Å². The predicted octanol–water partition coefficient (Wildman–Crippen LogP) is 14.7. The van der Waals surface area contributed by atoms with Crippen molar-refractivity contribution in [2.75, 3.05) is 0 Å². The molecule has 0 N–H and O–H groups in total. The highest BCUT2D eigenvalue weighted by molar-refractivity contribution is 6.16. The van der Waals surface area contributed by atoms with Gasteiger partial charge in [-0.15, -0.1) is 0 Å². The zero-order chi connectivity index (χ0) is 36.7. The molecule has 2 nitrogen and oxygen atoms in total. The van der Waals surface area contributed by atoms with Gasteiger partial charge in [0.1, 0.15) is 0 Å². The lowest BCUT2D eigenvalue weighted by Gasteiger charge is -2.18. The van der Waals surface area contributed by atoms with E-state index in [4.69, 9.17) is 0 Å². The molecule has 10 aromatic carbocycles. The van der Waals surface area contributed by atoms with Gasteiger partial charge in [-0.05, 0) is 80.2 Å². The first kappa shape index (κ1) is 31.0. The van der Waals surface area contributed by atoms with Crippen molar-refractivity contribution in [3.8, 4) is 33.6 Å². The third-order valence-corrected chi connectivity index (χ3v) is 11.9. The molecule has 260 valence electrons. The second kappa shape index (κ2) is 12.0. The summed E-state index contributed by atoms with van der Waals surface area (Å²) in [5.41, 5.74) is 12.2. The summed E-state index contributed by atoms with van der Waals surface area (Å²) in [5.74, 6) is 0. The Morgan fingerprint density at radius 2 is 0.429 bits per heavy atom. The van der Waals surface area contributed by atoms with Gasteiger partial charge >= 0.3 is 0 Å². The highest BCUT2D eigenvalue weighted by Gasteiger charge is 2.19. The van der Waals surface area contributed by atoms with Crippen LogP contribution in [-0.4, -0.2) is 9.13 Å². The topological polar surface area (TPSA) is 9.86 Å². The van der Waals surface area contributed by atoms with Gasteiger partial charge in [0.2, 0.25) is 0 Å². The van der Waals surface area contributed by atoms with Crippen molar-refractivity contribution in [3.63, 3.8) is 0 Å². The number of aromatic nitrogens is 2.